The Morgan fingerprint density at radius 1 is 1.30 bits per heavy atom. The minimum absolute atomic E-state index is 0.0628. The molecule has 2 aromatic heterocycles. The SMILES string of the molecule is O=C(CO)N1CCC(c2ccnc(O[C@@H]3CCN(c4cn[nH]c(=O)c4Cl)C3)c2)CC1. The van der Waals surface area contributed by atoms with E-state index in [-0.39, 0.29) is 17.0 Å². The Morgan fingerprint density at radius 3 is 2.87 bits per heavy atom. The molecule has 2 aliphatic rings. The first-order valence-electron chi connectivity index (χ1n) is 10.0. The van der Waals surface area contributed by atoms with Gasteiger partial charge in [0, 0.05) is 38.3 Å². The minimum atomic E-state index is -0.436. The molecular weight excluding hydrogens is 410 g/mol. The number of piperidine rings is 1. The quantitative estimate of drug-likeness (QED) is 0.728. The summed E-state index contributed by atoms with van der Waals surface area (Å²) in [6.07, 6.45) is 5.73. The second-order valence-electron chi connectivity index (χ2n) is 7.61. The van der Waals surface area contributed by atoms with Crippen molar-refractivity contribution in [1.29, 1.82) is 0 Å². The van der Waals surface area contributed by atoms with Crippen LogP contribution < -0.4 is 15.2 Å². The average molecular weight is 434 g/mol. The monoisotopic (exact) mass is 433 g/mol. The highest BCUT2D eigenvalue weighted by Gasteiger charge is 2.28. The van der Waals surface area contributed by atoms with E-state index in [4.69, 9.17) is 21.4 Å². The highest BCUT2D eigenvalue weighted by Crippen LogP contribution is 2.31. The molecule has 2 fully saturated rings. The summed E-state index contributed by atoms with van der Waals surface area (Å²) in [4.78, 5) is 31.4. The summed E-state index contributed by atoms with van der Waals surface area (Å²) in [5, 5.41) is 15.3. The Morgan fingerprint density at radius 2 is 2.10 bits per heavy atom. The van der Waals surface area contributed by atoms with E-state index in [0.717, 1.165) is 24.8 Å². The molecule has 2 saturated heterocycles. The first kappa shape index (κ1) is 20.6. The van der Waals surface area contributed by atoms with Crippen molar-refractivity contribution < 1.29 is 14.6 Å². The molecule has 10 heteroatoms. The summed E-state index contributed by atoms with van der Waals surface area (Å²) in [6, 6.07) is 3.96. The largest absolute Gasteiger partial charge is 0.472 e. The zero-order valence-electron chi connectivity index (χ0n) is 16.5. The maximum Gasteiger partial charge on any atom is 0.285 e. The molecule has 0 aliphatic carbocycles. The normalized spacial score (nSPS) is 19.9. The van der Waals surface area contributed by atoms with Crippen LogP contribution >= 0.6 is 11.6 Å². The van der Waals surface area contributed by atoms with Gasteiger partial charge in [0.05, 0.1) is 18.4 Å². The fraction of sp³-hybridized carbons (Fsp3) is 0.500. The van der Waals surface area contributed by atoms with E-state index >= 15 is 0 Å². The number of amides is 1. The van der Waals surface area contributed by atoms with E-state index in [1.54, 1.807) is 17.3 Å². The third kappa shape index (κ3) is 4.41. The van der Waals surface area contributed by atoms with E-state index in [1.165, 1.54) is 0 Å². The lowest BCUT2D eigenvalue weighted by molar-refractivity contribution is -0.135. The van der Waals surface area contributed by atoms with Crippen molar-refractivity contribution in [3.8, 4) is 5.88 Å². The third-order valence-corrected chi connectivity index (χ3v) is 6.13. The number of carbonyl (C=O) groups is 1. The van der Waals surface area contributed by atoms with Crippen molar-refractivity contribution in [1.82, 2.24) is 20.1 Å². The summed E-state index contributed by atoms with van der Waals surface area (Å²) >= 11 is 6.11. The number of carbonyl (C=O) groups excluding carboxylic acids is 1. The number of hydrogen-bond donors (Lipinski definition) is 2. The van der Waals surface area contributed by atoms with Gasteiger partial charge in [-0.2, -0.15) is 5.10 Å². The van der Waals surface area contributed by atoms with Crippen LogP contribution in [-0.4, -0.2) is 70.0 Å². The molecule has 1 atom stereocenters. The summed E-state index contributed by atoms with van der Waals surface area (Å²) in [7, 11) is 0. The van der Waals surface area contributed by atoms with E-state index in [2.05, 4.69) is 15.2 Å². The molecule has 30 heavy (non-hydrogen) atoms. The summed E-state index contributed by atoms with van der Waals surface area (Å²) in [5.74, 6) is 0.691. The number of anilines is 1. The second kappa shape index (κ2) is 9.01. The van der Waals surface area contributed by atoms with Crippen LogP contribution in [0.15, 0.2) is 29.3 Å². The van der Waals surface area contributed by atoms with Gasteiger partial charge >= 0.3 is 0 Å². The molecule has 0 spiro atoms. The van der Waals surface area contributed by atoms with Gasteiger partial charge in [-0.3, -0.25) is 9.59 Å². The number of aliphatic hydroxyl groups excluding tert-OH is 1. The first-order valence-corrected chi connectivity index (χ1v) is 10.4. The second-order valence-corrected chi connectivity index (χ2v) is 7.99. The van der Waals surface area contributed by atoms with Gasteiger partial charge in [-0.1, -0.05) is 11.6 Å². The number of aliphatic hydroxyl groups is 1. The number of aromatic nitrogens is 3. The van der Waals surface area contributed by atoms with E-state index in [1.807, 2.05) is 17.0 Å². The van der Waals surface area contributed by atoms with Crippen molar-refractivity contribution in [2.75, 3.05) is 37.7 Å². The van der Waals surface area contributed by atoms with Crippen molar-refractivity contribution in [2.45, 2.75) is 31.3 Å². The van der Waals surface area contributed by atoms with E-state index in [9.17, 15) is 9.59 Å². The molecule has 1 amide bonds. The molecule has 4 rings (SSSR count). The number of halogens is 1. The Kier molecular flexibility index (Phi) is 6.19. The van der Waals surface area contributed by atoms with Crippen LogP contribution in [0.1, 0.15) is 30.7 Å². The van der Waals surface area contributed by atoms with Crippen molar-refractivity contribution in [3.05, 3.63) is 45.5 Å². The molecule has 2 aliphatic heterocycles. The molecular formula is C20H24ClN5O4. The Bertz CT molecular complexity index is 960. The number of pyridine rings is 1. The summed E-state index contributed by atoms with van der Waals surface area (Å²) in [5.41, 5.74) is 1.35. The molecule has 0 saturated carbocycles. The predicted octanol–water partition coefficient (Wildman–Crippen LogP) is 1.17. The molecule has 0 unspecified atom stereocenters. The maximum atomic E-state index is 11.7. The van der Waals surface area contributed by atoms with Gasteiger partial charge in [0.2, 0.25) is 11.8 Å². The average Bonchev–Trinajstić information content (AvgIpc) is 3.23. The number of nitrogens with one attached hydrogen (secondary N) is 1. The molecule has 160 valence electrons. The number of hydrogen-bond acceptors (Lipinski definition) is 7. The van der Waals surface area contributed by atoms with Crippen LogP contribution in [0.4, 0.5) is 5.69 Å². The number of ether oxygens (including phenoxy) is 1. The zero-order chi connectivity index (χ0) is 21.1. The lowest BCUT2D eigenvalue weighted by Crippen LogP contribution is -2.39. The lowest BCUT2D eigenvalue weighted by atomic mass is 9.90. The van der Waals surface area contributed by atoms with Crippen LogP contribution in [0, 0.1) is 0 Å². The van der Waals surface area contributed by atoms with Crippen LogP contribution in [0.25, 0.3) is 0 Å². The molecule has 0 bridgehead atoms. The van der Waals surface area contributed by atoms with Gasteiger partial charge in [0.25, 0.3) is 5.56 Å². The highest BCUT2D eigenvalue weighted by molar-refractivity contribution is 6.33. The number of H-pyrrole nitrogens is 1. The predicted molar refractivity (Wildman–Crippen MR) is 111 cm³/mol. The molecule has 0 radical (unpaired) electrons. The Hall–Kier alpha value is -2.65. The summed E-state index contributed by atoms with van der Waals surface area (Å²) < 4.78 is 6.11. The lowest BCUT2D eigenvalue weighted by Gasteiger charge is -2.32. The Labute approximate surface area is 178 Å². The van der Waals surface area contributed by atoms with Gasteiger partial charge in [0.1, 0.15) is 17.7 Å². The standard InChI is InChI=1S/C20H24ClN5O4/c21-19-16(10-23-24-20(19)29)26-8-4-15(11-26)30-17-9-14(1-5-22-17)13-2-6-25(7-3-13)18(28)12-27/h1,5,9-10,13,15,27H,2-4,6-8,11-12H2,(H,24,29)/t15-/m1/s1. The van der Waals surface area contributed by atoms with Crippen LogP contribution in [0.2, 0.25) is 5.02 Å². The number of nitrogens with zero attached hydrogens (tertiary/aromatic N) is 4. The van der Waals surface area contributed by atoms with Gasteiger partial charge in [-0.15, -0.1) is 0 Å². The van der Waals surface area contributed by atoms with Gasteiger partial charge < -0.3 is 19.6 Å². The smallest absolute Gasteiger partial charge is 0.285 e. The van der Waals surface area contributed by atoms with Crippen molar-refractivity contribution >= 4 is 23.2 Å². The fourth-order valence-electron chi connectivity index (χ4n) is 4.11. The summed E-state index contributed by atoms with van der Waals surface area (Å²) in [6.45, 7) is 2.16. The molecule has 0 aromatic carbocycles. The number of aromatic amines is 1. The minimum Gasteiger partial charge on any atom is -0.472 e. The van der Waals surface area contributed by atoms with Crippen molar-refractivity contribution in [3.63, 3.8) is 0 Å². The number of rotatable bonds is 5. The molecule has 2 N–H and O–H groups in total. The van der Waals surface area contributed by atoms with Crippen molar-refractivity contribution in [2.24, 2.45) is 0 Å². The van der Waals surface area contributed by atoms with Gasteiger partial charge in [-0.25, -0.2) is 10.1 Å². The topological polar surface area (TPSA) is 112 Å². The third-order valence-electron chi connectivity index (χ3n) is 5.76. The van der Waals surface area contributed by atoms with Gasteiger partial charge in [-0.05, 0) is 30.4 Å². The molecule has 2 aromatic rings. The van der Waals surface area contributed by atoms with Gasteiger partial charge in [0.15, 0.2) is 0 Å². The van der Waals surface area contributed by atoms with E-state index in [0.29, 0.717) is 43.7 Å². The van der Waals surface area contributed by atoms with Crippen LogP contribution in [-0.2, 0) is 4.79 Å². The highest BCUT2D eigenvalue weighted by atomic mass is 35.5. The number of likely N-dealkylation sites (tertiary alicyclic amines) is 1. The molecule has 9 nitrogen and oxygen atoms in total. The molecule has 4 heterocycles. The van der Waals surface area contributed by atoms with Crippen LogP contribution in [0.3, 0.4) is 0 Å². The zero-order valence-corrected chi connectivity index (χ0v) is 17.2. The first-order chi connectivity index (χ1) is 14.5. The maximum absolute atomic E-state index is 11.7. The Balaban J connectivity index is 1.37. The fourth-order valence-corrected chi connectivity index (χ4v) is 4.32. The van der Waals surface area contributed by atoms with Crippen LogP contribution in [0.5, 0.6) is 5.88 Å². The van der Waals surface area contributed by atoms with E-state index < -0.39 is 12.2 Å².